The van der Waals surface area contributed by atoms with E-state index in [2.05, 4.69) is 33.9 Å². The molecule has 2 fully saturated rings. The first-order chi connectivity index (χ1) is 10.1. The SMILES string of the molecule is CC(=O)O[C@H]1[C@@H]2C[C@@H](CO[Si](C)(C)C(C)(C)C)[C@@H](C2)[C@H]1[Hg][Cl]. The predicted octanol–water partition coefficient (Wildman–Crippen LogP) is 4.62. The number of hydrogen-bond donors (Lipinski definition) is 0. The summed E-state index contributed by atoms with van der Waals surface area (Å²) in [5, 5.41) is 0.261. The third kappa shape index (κ3) is 3.92. The van der Waals surface area contributed by atoms with Gasteiger partial charge in [-0.05, 0) is 0 Å². The zero-order chi connectivity index (χ0) is 16.7. The Morgan fingerprint density at radius 3 is 2.45 bits per heavy atom. The quantitative estimate of drug-likeness (QED) is 0.382. The van der Waals surface area contributed by atoms with Crippen LogP contribution >= 0.6 is 8.25 Å². The zero-order valence-electron chi connectivity index (χ0n) is 14.8. The first kappa shape index (κ1) is 19.2. The molecule has 2 bridgehead atoms. The summed E-state index contributed by atoms with van der Waals surface area (Å²) >= 11 is -1.45. The average Bonchev–Trinajstić information content (AvgIpc) is 2.92. The molecule has 2 aliphatic rings. The summed E-state index contributed by atoms with van der Waals surface area (Å²) in [7, 11) is 4.73. The normalized spacial score (nSPS) is 34.6. The van der Waals surface area contributed by atoms with E-state index in [1.54, 1.807) is 0 Å². The fourth-order valence-corrected chi connectivity index (χ4v) is 14.2. The molecule has 2 aliphatic carbocycles. The molecule has 124 valence electrons. The van der Waals surface area contributed by atoms with Crippen LogP contribution in [-0.2, 0) is 37.3 Å². The predicted molar refractivity (Wildman–Crippen MR) is 88.0 cm³/mol. The van der Waals surface area contributed by atoms with E-state index in [1.807, 2.05) is 0 Å². The summed E-state index contributed by atoms with van der Waals surface area (Å²) in [5.41, 5.74) is 0. The summed E-state index contributed by atoms with van der Waals surface area (Å²) < 4.78 is 12.6. The monoisotopic (exact) mass is 534 g/mol. The zero-order valence-corrected chi connectivity index (χ0v) is 22.1. The minimum absolute atomic E-state index is 0.130. The Kier molecular flexibility index (Phi) is 6.12. The standard InChI is InChI=1S/C16H29O3Si.ClH.Hg/c1-11(17)19-15-9-12-7-13(15)8-14(12)10-18-20(5,6)16(2,3)4;;/h9,12-15H,7-8,10H2,1-6H3;1H;/q;;+1/p-1/t12-,13-,14-,15+;;/m0../s1. The number of carbonyl (C=O) groups is 1. The topological polar surface area (TPSA) is 35.5 Å². The maximum absolute atomic E-state index is 11.3. The summed E-state index contributed by atoms with van der Waals surface area (Å²) in [5.74, 6) is 1.67. The number of ether oxygens (including phenoxy) is 1. The second-order valence-corrected chi connectivity index (χ2v) is 21.0. The third-order valence-corrected chi connectivity index (χ3v) is 19.3. The van der Waals surface area contributed by atoms with Crippen LogP contribution in [0.4, 0.5) is 0 Å². The second-order valence-electron chi connectivity index (χ2n) is 8.62. The molecule has 0 unspecified atom stereocenters. The van der Waals surface area contributed by atoms with Crippen molar-refractivity contribution in [3.05, 3.63) is 0 Å². The van der Waals surface area contributed by atoms with E-state index in [0.717, 1.165) is 13.0 Å². The van der Waals surface area contributed by atoms with Crippen molar-refractivity contribution in [1.29, 1.82) is 0 Å². The van der Waals surface area contributed by atoms with E-state index in [-0.39, 0.29) is 17.1 Å². The van der Waals surface area contributed by atoms with Crippen LogP contribution in [0.15, 0.2) is 0 Å². The van der Waals surface area contributed by atoms with Crippen molar-refractivity contribution in [2.45, 2.75) is 68.2 Å². The van der Waals surface area contributed by atoms with Crippen molar-refractivity contribution >= 4 is 22.5 Å². The molecular weight excluding hydrogens is 504 g/mol. The molecule has 0 aliphatic heterocycles. The van der Waals surface area contributed by atoms with E-state index in [1.165, 1.54) is 13.3 Å². The van der Waals surface area contributed by atoms with Crippen LogP contribution in [0.5, 0.6) is 0 Å². The summed E-state index contributed by atoms with van der Waals surface area (Å²) in [6, 6.07) is 0. The molecule has 0 aromatic rings. The summed E-state index contributed by atoms with van der Waals surface area (Å²) in [6.45, 7) is 13.9. The number of fused-ring (bicyclic) bond motifs is 2. The average molecular weight is 534 g/mol. The van der Waals surface area contributed by atoms with Gasteiger partial charge in [0.15, 0.2) is 0 Å². The fraction of sp³-hybridized carbons (Fsp3) is 0.938. The van der Waals surface area contributed by atoms with Crippen molar-refractivity contribution in [2.24, 2.45) is 17.8 Å². The molecule has 22 heavy (non-hydrogen) atoms. The van der Waals surface area contributed by atoms with Crippen molar-refractivity contribution < 1.29 is 37.3 Å². The van der Waals surface area contributed by atoms with Crippen LogP contribution in [0.1, 0.15) is 40.5 Å². The molecule has 6 heteroatoms. The summed E-state index contributed by atoms with van der Waals surface area (Å²) in [6.07, 6.45) is 2.48. The van der Waals surface area contributed by atoms with E-state index in [4.69, 9.17) is 17.4 Å². The number of hydrogen-bond acceptors (Lipinski definition) is 3. The van der Waals surface area contributed by atoms with Gasteiger partial charge in [0.2, 0.25) is 0 Å². The molecule has 0 radical (unpaired) electrons. The molecule has 0 aromatic heterocycles. The fourth-order valence-electron chi connectivity index (χ4n) is 3.89. The van der Waals surface area contributed by atoms with Crippen LogP contribution in [-0.4, -0.2) is 27.0 Å². The molecule has 2 saturated carbocycles. The van der Waals surface area contributed by atoms with Gasteiger partial charge in [-0.2, -0.15) is 0 Å². The second kappa shape index (κ2) is 7.01. The first-order valence-electron chi connectivity index (χ1n) is 8.44. The van der Waals surface area contributed by atoms with Crippen LogP contribution < -0.4 is 0 Å². The maximum atomic E-state index is 11.3. The third-order valence-electron chi connectivity index (χ3n) is 6.17. The molecule has 0 aromatic carbocycles. The molecule has 0 saturated heterocycles. The number of carbonyl (C=O) groups excluding carboxylic acids is 1. The van der Waals surface area contributed by atoms with Crippen molar-refractivity contribution in [3.8, 4) is 0 Å². The van der Waals surface area contributed by atoms with Gasteiger partial charge in [0.25, 0.3) is 0 Å². The van der Waals surface area contributed by atoms with Gasteiger partial charge >= 0.3 is 152 Å². The molecular formula is C16H29ClHgO3Si. The van der Waals surface area contributed by atoms with Crippen LogP contribution in [0, 0.1) is 17.8 Å². The van der Waals surface area contributed by atoms with Gasteiger partial charge in [0, 0.05) is 0 Å². The molecule has 0 spiro atoms. The number of rotatable bonds is 5. The van der Waals surface area contributed by atoms with Crippen LogP contribution in [0.2, 0.25) is 21.6 Å². The molecule has 5 atom stereocenters. The number of esters is 1. The van der Waals surface area contributed by atoms with E-state index in [9.17, 15) is 4.79 Å². The molecule has 0 N–H and O–H groups in total. The minimum atomic E-state index is -1.68. The Bertz CT molecular complexity index is 424. The molecule has 3 nitrogen and oxygen atoms in total. The van der Waals surface area contributed by atoms with Gasteiger partial charge in [-0.3, -0.25) is 0 Å². The number of halogens is 1. The molecule has 0 heterocycles. The van der Waals surface area contributed by atoms with E-state index >= 15 is 0 Å². The van der Waals surface area contributed by atoms with Crippen molar-refractivity contribution in [3.63, 3.8) is 0 Å². The first-order valence-corrected chi connectivity index (χ1v) is 21.3. The Morgan fingerprint density at radius 1 is 1.32 bits per heavy atom. The van der Waals surface area contributed by atoms with Crippen molar-refractivity contribution in [2.75, 3.05) is 6.61 Å². The van der Waals surface area contributed by atoms with E-state index in [0.29, 0.717) is 21.2 Å². The Labute approximate surface area is 151 Å². The summed E-state index contributed by atoms with van der Waals surface area (Å²) in [4.78, 5) is 11.3. The van der Waals surface area contributed by atoms with Gasteiger partial charge in [-0.15, -0.1) is 0 Å². The van der Waals surface area contributed by atoms with Gasteiger partial charge in [0.1, 0.15) is 0 Å². The van der Waals surface area contributed by atoms with Gasteiger partial charge < -0.3 is 0 Å². The van der Waals surface area contributed by atoms with Crippen LogP contribution in [0.3, 0.4) is 0 Å². The van der Waals surface area contributed by atoms with Gasteiger partial charge in [0.05, 0.1) is 0 Å². The molecule has 2 rings (SSSR count). The molecule has 0 amide bonds. The van der Waals surface area contributed by atoms with Crippen molar-refractivity contribution in [1.82, 2.24) is 0 Å². The van der Waals surface area contributed by atoms with E-state index < -0.39 is 31.7 Å². The Hall–Kier alpha value is 0.872. The van der Waals surface area contributed by atoms with Crippen LogP contribution in [0.25, 0.3) is 0 Å². The Balaban J connectivity index is 1.96. The Morgan fingerprint density at radius 2 is 1.95 bits per heavy atom. The van der Waals surface area contributed by atoms with Gasteiger partial charge in [-0.25, -0.2) is 0 Å². The van der Waals surface area contributed by atoms with Gasteiger partial charge in [-0.1, -0.05) is 0 Å².